The van der Waals surface area contributed by atoms with Crippen LogP contribution < -0.4 is 0 Å². The first-order valence-corrected chi connectivity index (χ1v) is 7.54. The third-order valence-electron chi connectivity index (χ3n) is 3.63. The third-order valence-corrected chi connectivity index (χ3v) is 3.63. The second-order valence-corrected chi connectivity index (χ2v) is 5.34. The number of unbranched alkanes of at least 4 members (excludes halogenated alkanes) is 5. The second-order valence-electron chi connectivity index (χ2n) is 5.34. The van der Waals surface area contributed by atoms with E-state index in [-0.39, 0.29) is 0 Å². The van der Waals surface area contributed by atoms with Crippen LogP contribution in [0.2, 0.25) is 0 Å². The molecule has 20 heavy (non-hydrogen) atoms. The first kappa shape index (κ1) is 17.8. The van der Waals surface area contributed by atoms with Gasteiger partial charge in [0.2, 0.25) is 0 Å². The Morgan fingerprint density at radius 1 is 0.900 bits per heavy atom. The number of aliphatic hydroxyl groups is 4. The monoisotopic (exact) mass is 292 g/mol. The van der Waals surface area contributed by atoms with Gasteiger partial charge in [0, 0.05) is 6.61 Å². The molecule has 1 heterocycles. The zero-order chi connectivity index (χ0) is 15.0. The topological polar surface area (TPSA) is 99.4 Å². The second kappa shape index (κ2) is 9.65. The minimum Gasteiger partial charge on any atom is -0.394 e. The molecule has 0 aromatic carbocycles. The molecule has 0 amide bonds. The quantitative estimate of drug-likeness (QED) is 0.452. The smallest absolute Gasteiger partial charge is 0.186 e. The molecule has 1 saturated heterocycles. The van der Waals surface area contributed by atoms with Crippen LogP contribution in [0, 0.1) is 0 Å². The zero-order valence-corrected chi connectivity index (χ0v) is 12.1. The zero-order valence-electron chi connectivity index (χ0n) is 12.1. The van der Waals surface area contributed by atoms with Crippen molar-refractivity contribution in [1.82, 2.24) is 0 Å². The highest BCUT2D eigenvalue weighted by Gasteiger charge is 2.43. The van der Waals surface area contributed by atoms with Gasteiger partial charge in [0.15, 0.2) is 6.29 Å². The average molecular weight is 292 g/mol. The lowest BCUT2D eigenvalue weighted by atomic mass is 9.99. The number of aliphatic hydroxyl groups excluding tert-OH is 4. The van der Waals surface area contributed by atoms with Gasteiger partial charge in [0.1, 0.15) is 24.4 Å². The molecule has 4 N–H and O–H groups in total. The van der Waals surface area contributed by atoms with Gasteiger partial charge in [-0.15, -0.1) is 0 Å². The van der Waals surface area contributed by atoms with E-state index in [4.69, 9.17) is 14.6 Å². The minimum atomic E-state index is -1.37. The summed E-state index contributed by atoms with van der Waals surface area (Å²) in [7, 11) is 0. The molecule has 1 aliphatic rings. The molecule has 0 saturated carbocycles. The maximum Gasteiger partial charge on any atom is 0.186 e. The third kappa shape index (κ3) is 5.27. The van der Waals surface area contributed by atoms with Crippen molar-refractivity contribution in [2.24, 2.45) is 0 Å². The summed E-state index contributed by atoms with van der Waals surface area (Å²) in [6.45, 7) is 2.17. The molecule has 0 aromatic heterocycles. The van der Waals surface area contributed by atoms with Crippen molar-refractivity contribution in [2.45, 2.75) is 76.2 Å². The molecular formula is C14H28O6. The number of hydrogen-bond acceptors (Lipinski definition) is 6. The standard InChI is InChI=1S/C14H28O6/c1-2-3-4-5-6-7-8-19-14-13(18)12(17)11(16)10(9-15)20-14/h10-18H,2-9H2,1H3/t10-,11-,12+,13-,14-/m0/s1. The molecule has 6 heteroatoms. The van der Waals surface area contributed by atoms with E-state index in [1.54, 1.807) is 0 Å². The van der Waals surface area contributed by atoms with Gasteiger partial charge in [-0.2, -0.15) is 0 Å². The molecule has 1 rings (SSSR count). The van der Waals surface area contributed by atoms with E-state index >= 15 is 0 Å². The molecule has 0 spiro atoms. The van der Waals surface area contributed by atoms with Crippen molar-refractivity contribution < 1.29 is 29.9 Å². The maximum absolute atomic E-state index is 9.75. The predicted molar refractivity (Wildman–Crippen MR) is 73.1 cm³/mol. The van der Waals surface area contributed by atoms with Crippen molar-refractivity contribution in [1.29, 1.82) is 0 Å². The van der Waals surface area contributed by atoms with Crippen LogP contribution in [0.15, 0.2) is 0 Å². The van der Waals surface area contributed by atoms with E-state index in [1.807, 2.05) is 0 Å². The Morgan fingerprint density at radius 2 is 1.55 bits per heavy atom. The van der Waals surface area contributed by atoms with Gasteiger partial charge in [-0.1, -0.05) is 39.0 Å². The SMILES string of the molecule is CCCCCCCCO[C@H]1O[C@@H](CO)[C@H](O)[C@@H](O)[C@@H]1O. The highest BCUT2D eigenvalue weighted by Crippen LogP contribution is 2.22. The van der Waals surface area contributed by atoms with E-state index in [9.17, 15) is 15.3 Å². The van der Waals surface area contributed by atoms with Gasteiger partial charge in [-0.05, 0) is 6.42 Å². The molecule has 0 bridgehead atoms. The number of hydrogen-bond donors (Lipinski definition) is 4. The number of rotatable bonds is 9. The molecule has 6 nitrogen and oxygen atoms in total. The fraction of sp³-hybridized carbons (Fsp3) is 1.00. The molecule has 0 aliphatic carbocycles. The molecule has 0 radical (unpaired) electrons. The van der Waals surface area contributed by atoms with Crippen LogP contribution in [-0.4, -0.2) is 64.3 Å². The lowest BCUT2D eigenvalue weighted by molar-refractivity contribution is -0.301. The van der Waals surface area contributed by atoms with Crippen LogP contribution >= 0.6 is 0 Å². The molecular weight excluding hydrogens is 264 g/mol. The van der Waals surface area contributed by atoms with E-state index in [0.717, 1.165) is 19.3 Å². The highest BCUT2D eigenvalue weighted by atomic mass is 16.7. The normalized spacial score (nSPS) is 34.4. The van der Waals surface area contributed by atoms with Gasteiger partial charge >= 0.3 is 0 Å². The Balaban J connectivity index is 2.21. The average Bonchev–Trinajstić information content (AvgIpc) is 2.46. The fourth-order valence-corrected chi connectivity index (χ4v) is 2.29. The molecule has 0 unspecified atom stereocenters. The highest BCUT2D eigenvalue weighted by molar-refractivity contribution is 4.88. The van der Waals surface area contributed by atoms with Crippen LogP contribution in [-0.2, 0) is 9.47 Å². The number of ether oxygens (including phenoxy) is 2. The summed E-state index contributed by atoms with van der Waals surface area (Å²) in [5, 5.41) is 38.0. The van der Waals surface area contributed by atoms with Crippen LogP contribution in [0.5, 0.6) is 0 Å². The van der Waals surface area contributed by atoms with Crippen molar-refractivity contribution in [3.05, 3.63) is 0 Å². The first-order valence-electron chi connectivity index (χ1n) is 7.54. The van der Waals surface area contributed by atoms with Crippen molar-refractivity contribution in [3.8, 4) is 0 Å². The van der Waals surface area contributed by atoms with E-state index in [0.29, 0.717) is 6.61 Å². The summed E-state index contributed by atoms with van der Waals surface area (Å²) in [4.78, 5) is 0. The van der Waals surface area contributed by atoms with Crippen LogP contribution in [0.25, 0.3) is 0 Å². The Labute approximate surface area is 120 Å². The maximum atomic E-state index is 9.75. The van der Waals surface area contributed by atoms with E-state index in [2.05, 4.69) is 6.92 Å². The van der Waals surface area contributed by atoms with Gasteiger partial charge in [-0.3, -0.25) is 0 Å². The van der Waals surface area contributed by atoms with Crippen molar-refractivity contribution in [3.63, 3.8) is 0 Å². The summed E-state index contributed by atoms with van der Waals surface area (Å²) < 4.78 is 10.6. The van der Waals surface area contributed by atoms with Gasteiger partial charge in [0.05, 0.1) is 6.61 Å². The molecule has 5 atom stereocenters. The van der Waals surface area contributed by atoms with Crippen LogP contribution in [0.3, 0.4) is 0 Å². The molecule has 1 aliphatic heterocycles. The lowest BCUT2D eigenvalue weighted by Gasteiger charge is -2.39. The van der Waals surface area contributed by atoms with Gasteiger partial charge in [-0.25, -0.2) is 0 Å². The van der Waals surface area contributed by atoms with E-state index in [1.165, 1.54) is 19.3 Å². The summed E-state index contributed by atoms with van der Waals surface area (Å²) in [5.74, 6) is 0. The Bertz CT molecular complexity index is 248. The Morgan fingerprint density at radius 3 is 2.20 bits per heavy atom. The molecule has 120 valence electrons. The summed E-state index contributed by atoms with van der Waals surface area (Å²) in [6.07, 6.45) is 0.851. The Hall–Kier alpha value is -0.240. The summed E-state index contributed by atoms with van der Waals surface area (Å²) in [6, 6.07) is 0. The predicted octanol–water partition coefficient (Wildman–Crippen LogP) is 0.163. The molecule has 0 aromatic rings. The molecule has 1 fully saturated rings. The van der Waals surface area contributed by atoms with Crippen LogP contribution in [0.4, 0.5) is 0 Å². The van der Waals surface area contributed by atoms with Crippen molar-refractivity contribution >= 4 is 0 Å². The summed E-state index contributed by atoms with van der Waals surface area (Å²) >= 11 is 0. The largest absolute Gasteiger partial charge is 0.394 e. The first-order chi connectivity index (χ1) is 9.61. The van der Waals surface area contributed by atoms with Crippen molar-refractivity contribution in [2.75, 3.05) is 13.2 Å². The van der Waals surface area contributed by atoms with Gasteiger partial charge < -0.3 is 29.9 Å². The lowest BCUT2D eigenvalue weighted by Crippen LogP contribution is -2.59. The Kier molecular flexibility index (Phi) is 8.60. The fourth-order valence-electron chi connectivity index (χ4n) is 2.29. The summed E-state index contributed by atoms with van der Waals surface area (Å²) in [5.41, 5.74) is 0. The minimum absolute atomic E-state index is 0.425. The van der Waals surface area contributed by atoms with Gasteiger partial charge in [0.25, 0.3) is 0 Å². The van der Waals surface area contributed by atoms with E-state index < -0.39 is 37.3 Å². The van der Waals surface area contributed by atoms with Crippen LogP contribution in [0.1, 0.15) is 45.4 Å².